The van der Waals surface area contributed by atoms with E-state index >= 15 is 0 Å². The number of carbonyl (C=O) groups is 1. The van der Waals surface area contributed by atoms with E-state index in [4.69, 9.17) is 0 Å². The number of rotatable bonds is 5. The standard InChI is InChI=1S/C22H24N4O2/c1-25-15-23-24-21(25)18-5-4-12-26(14-18)13-16-8-10-17(11-9-16)19-6-2-3-7-20(19)22(27)28/h2-3,6-11,15,18H,4-5,12-14H2,1H3,(H,27,28). The summed E-state index contributed by atoms with van der Waals surface area (Å²) in [6.07, 6.45) is 4.07. The highest BCUT2D eigenvalue weighted by Crippen LogP contribution is 2.27. The highest BCUT2D eigenvalue weighted by molar-refractivity contribution is 5.95. The molecule has 144 valence electrons. The number of likely N-dealkylation sites (tertiary alicyclic amines) is 1. The van der Waals surface area contributed by atoms with Gasteiger partial charge in [0.25, 0.3) is 0 Å². The molecule has 2 aromatic carbocycles. The monoisotopic (exact) mass is 376 g/mol. The van der Waals surface area contributed by atoms with E-state index < -0.39 is 5.97 Å². The topological polar surface area (TPSA) is 71.2 Å². The van der Waals surface area contributed by atoms with Crippen LogP contribution >= 0.6 is 0 Å². The van der Waals surface area contributed by atoms with Gasteiger partial charge in [-0.25, -0.2) is 4.79 Å². The first-order valence-electron chi connectivity index (χ1n) is 9.59. The number of hydrogen-bond acceptors (Lipinski definition) is 4. The van der Waals surface area contributed by atoms with Gasteiger partial charge in [0.05, 0.1) is 5.56 Å². The first kappa shape index (κ1) is 18.4. The van der Waals surface area contributed by atoms with Gasteiger partial charge < -0.3 is 9.67 Å². The molecular weight excluding hydrogens is 352 g/mol. The predicted octanol–water partition coefficient (Wildman–Crippen LogP) is 3.56. The van der Waals surface area contributed by atoms with Crippen molar-refractivity contribution in [3.8, 4) is 11.1 Å². The first-order chi connectivity index (χ1) is 13.6. The van der Waals surface area contributed by atoms with Gasteiger partial charge in [-0.15, -0.1) is 10.2 Å². The lowest BCUT2D eigenvalue weighted by Gasteiger charge is -2.32. The Hall–Kier alpha value is -2.99. The minimum Gasteiger partial charge on any atom is -0.478 e. The van der Waals surface area contributed by atoms with Gasteiger partial charge in [-0.05, 0) is 42.1 Å². The van der Waals surface area contributed by atoms with Gasteiger partial charge in [-0.2, -0.15) is 0 Å². The molecule has 0 spiro atoms. The molecule has 1 N–H and O–H groups in total. The molecule has 1 fully saturated rings. The Balaban J connectivity index is 1.46. The molecule has 4 rings (SSSR count). The largest absolute Gasteiger partial charge is 0.478 e. The van der Waals surface area contributed by atoms with Gasteiger partial charge in [-0.3, -0.25) is 4.90 Å². The zero-order valence-electron chi connectivity index (χ0n) is 16.0. The second-order valence-corrected chi connectivity index (χ2v) is 7.42. The summed E-state index contributed by atoms with van der Waals surface area (Å²) in [6.45, 7) is 2.95. The van der Waals surface area contributed by atoms with Crippen molar-refractivity contribution in [1.29, 1.82) is 0 Å². The third kappa shape index (κ3) is 3.82. The Morgan fingerprint density at radius 1 is 1.18 bits per heavy atom. The highest BCUT2D eigenvalue weighted by atomic mass is 16.4. The molecule has 1 aromatic heterocycles. The molecule has 0 radical (unpaired) electrons. The van der Waals surface area contributed by atoms with Gasteiger partial charge in [-0.1, -0.05) is 42.5 Å². The summed E-state index contributed by atoms with van der Waals surface area (Å²) in [6, 6.07) is 15.4. The Morgan fingerprint density at radius 3 is 2.68 bits per heavy atom. The maximum atomic E-state index is 11.5. The summed E-state index contributed by atoms with van der Waals surface area (Å²) in [4.78, 5) is 13.9. The summed E-state index contributed by atoms with van der Waals surface area (Å²) >= 11 is 0. The lowest BCUT2D eigenvalue weighted by atomic mass is 9.96. The van der Waals surface area contributed by atoms with E-state index in [2.05, 4.69) is 27.2 Å². The predicted molar refractivity (Wildman–Crippen MR) is 107 cm³/mol. The number of aromatic carboxylic acids is 1. The van der Waals surface area contributed by atoms with Crippen LogP contribution in [0.5, 0.6) is 0 Å². The van der Waals surface area contributed by atoms with Crippen molar-refractivity contribution in [2.24, 2.45) is 7.05 Å². The average Bonchev–Trinajstić information content (AvgIpc) is 3.15. The van der Waals surface area contributed by atoms with E-state index in [0.29, 0.717) is 11.5 Å². The zero-order valence-corrected chi connectivity index (χ0v) is 16.0. The summed E-state index contributed by atoms with van der Waals surface area (Å²) in [7, 11) is 2.00. The minimum atomic E-state index is -0.900. The third-order valence-electron chi connectivity index (χ3n) is 5.45. The van der Waals surface area contributed by atoms with Crippen LogP contribution in [0.1, 0.15) is 40.5 Å². The number of piperidine rings is 1. The second kappa shape index (κ2) is 7.94. The van der Waals surface area contributed by atoms with E-state index in [1.807, 2.05) is 35.9 Å². The SMILES string of the molecule is Cn1cnnc1C1CCCN(Cc2ccc(-c3ccccc3C(=O)O)cc2)C1. The molecular formula is C22H24N4O2. The van der Waals surface area contributed by atoms with Gasteiger partial charge in [0.2, 0.25) is 0 Å². The number of nitrogens with zero attached hydrogens (tertiary/aromatic N) is 4. The number of carboxylic acid groups (broad SMARTS) is 1. The Labute approximate surface area is 164 Å². The number of aryl methyl sites for hydroxylation is 1. The molecule has 0 saturated carbocycles. The van der Waals surface area contributed by atoms with E-state index in [1.54, 1.807) is 18.5 Å². The number of benzene rings is 2. The van der Waals surface area contributed by atoms with E-state index in [9.17, 15) is 9.90 Å². The fourth-order valence-electron chi connectivity index (χ4n) is 4.04. The van der Waals surface area contributed by atoms with Crippen LogP contribution in [0.4, 0.5) is 0 Å². The summed E-state index contributed by atoms with van der Waals surface area (Å²) < 4.78 is 2.02. The van der Waals surface area contributed by atoms with Crippen LogP contribution in [-0.2, 0) is 13.6 Å². The molecule has 1 atom stereocenters. The lowest BCUT2D eigenvalue weighted by molar-refractivity contribution is 0.0697. The molecule has 1 unspecified atom stereocenters. The first-order valence-corrected chi connectivity index (χ1v) is 9.59. The Kier molecular flexibility index (Phi) is 5.21. The maximum absolute atomic E-state index is 11.5. The van der Waals surface area contributed by atoms with Gasteiger partial charge in [0, 0.05) is 26.1 Å². The van der Waals surface area contributed by atoms with Gasteiger partial charge in [0.15, 0.2) is 0 Å². The quantitative estimate of drug-likeness (QED) is 0.737. The van der Waals surface area contributed by atoms with Crippen LogP contribution in [0.25, 0.3) is 11.1 Å². The van der Waals surface area contributed by atoms with Crippen molar-refractivity contribution >= 4 is 5.97 Å². The normalized spacial score (nSPS) is 17.5. The van der Waals surface area contributed by atoms with Gasteiger partial charge in [0.1, 0.15) is 12.2 Å². The van der Waals surface area contributed by atoms with Crippen molar-refractivity contribution in [3.63, 3.8) is 0 Å². The number of hydrogen-bond donors (Lipinski definition) is 1. The molecule has 1 aliphatic heterocycles. The molecule has 0 bridgehead atoms. The fourth-order valence-corrected chi connectivity index (χ4v) is 4.04. The Bertz CT molecular complexity index is 965. The van der Waals surface area contributed by atoms with E-state index in [0.717, 1.165) is 49.4 Å². The smallest absolute Gasteiger partial charge is 0.336 e. The zero-order chi connectivity index (χ0) is 19.5. The van der Waals surface area contributed by atoms with Crippen LogP contribution in [-0.4, -0.2) is 43.8 Å². The molecule has 2 heterocycles. The number of aromatic nitrogens is 3. The molecule has 3 aromatic rings. The van der Waals surface area contributed by atoms with Crippen LogP contribution in [0.3, 0.4) is 0 Å². The van der Waals surface area contributed by atoms with Crippen molar-refractivity contribution < 1.29 is 9.90 Å². The van der Waals surface area contributed by atoms with Crippen molar-refractivity contribution in [1.82, 2.24) is 19.7 Å². The van der Waals surface area contributed by atoms with Crippen LogP contribution < -0.4 is 0 Å². The maximum Gasteiger partial charge on any atom is 0.336 e. The second-order valence-electron chi connectivity index (χ2n) is 7.42. The van der Waals surface area contributed by atoms with Crippen LogP contribution in [0.15, 0.2) is 54.9 Å². The molecule has 6 nitrogen and oxygen atoms in total. The molecule has 28 heavy (non-hydrogen) atoms. The van der Waals surface area contributed by atoms with Crippen molar-refractivity contribution in [2.75, 3.05) is 13.1 Å². The summed E-state index contributed by atoms with van der Waals surface area (Å²) in [5, 5.41) is 17.7. The fraction of sp³-hybridized carbons (Fsp3) is 0.318. The van der Waals surface area contributed by atoms with Crippen molar-refractivity contribution in [3.05, 3.63) is 71.8 Å². The van der Waals surface area contributed by atoms with Gasteiger partial charge >= 0.3 is 5.97 Å². The Morgan fingerprint density at radius 2 is 1.96 bits per heavy atom. The number of carboxylic acids is 1. The molecule has 1 aliphatic rings. The van der Waals surface area contributed by atoms with Crippen LogP contribution in [0.2, 0.25) is 0 Å². The van der Waals surface area contributed by atoms with E-state index in [-0.39, 0.29) is 0 Å². The van der Waals surface area contributed by atoms with E-state index in [1.165, 1.54) is 5.56 Å². The molecule has 6 heteroatoms. The third-order valence-corrected chi connectivity index (χ3v) is 5.45. The molecule has 0 aliphatic carbocycles. The van der Waals surface area contributed by atoms with Crippen molar-refractivity contribution in [2.45, 2.75) is 25.3 Å². The average molecular weight is 376 g/mol. The van der Waals surface area contributed by atoms with Crippen LogP contribution in [0, 0.1) is 0 Å². The minimum absolute atomic E-state index is 0.331. The molecule has 1 saturated heterocycles. The highest BCUT2D eigenvalue weighted by Gasteiger charge is 2.24. The summed E-state index contributed by atoms with van der Waals surface area (Å²) in [5.74, 6) is 0.580. The summed E-state index contributed by atoms with van der Waals surface area (Å²) in [5.41, 5.74) is 3.24. The lowest BCUT2D eigenvalue weighted by Crippen LogP contribution is -2.34. The molecule has 0 amide bonds.